The third-order valence-corrected chi connectivity index (χ3v) is 4.34. The highest BCUT2D eigenvalue weighted by Gasteiger charge is 2.23. The second-order valence-electron chi connectivity index (χ2n) is 4.39. The van der Waals surface area contributed by atoms with Crippen LogP contribution < -0.4 is 10.5 Å². The van der Waals surface area contributed by atoms with Crippen LogP contribution in [0, 0.1) is 12.7 Å². The topological polar surface area (TPSA) is 92.4 Å². The minimum absolute atomic E-state index is 0.139. The third-order valence-electron chi connectivity index (χ3n) is 2.83. The molecule has 0 saturated carbocycles. The van der Waals surface area contributed by atoms with Crippen LogP contribution in [0.25, 0.3) is 0 Å². The van der Waals surface area contributed by atoms with Crippen LogP contribution in [0.5, 0.6) is 0 Å². The molecular weight excluding hydrogens is 271 g/mol. The fraction of sp³-hybridized carbons (Fsp3) is 0.500. The maximum Gasteiger partial charge on any atom is 0.243 e. The van der Waals surface area contributed by atoms with Gasteiger partial charge in [-0.15, -0.1) is 0 Å². The van der Waals surface area contributed by atoms with Gasteiger partial charge in [0.25, 0.3) is 0 Å². The summed E-state index contributed by atoms with van der Waals surface area (Å²) in [6.45, 7) is 3.10. The lowest BCUT2D eigenvalue weighted by molar-refractivity contribution is 0.270. The van der Waals surface area contributed by atoms with Crippen molar-refractivity contribution in [3.63, 3.8) is 0 Å². The van der Waals surface area contributed by atoms with E-state index < -0.39 is 26.8 Å². The fourth-order valence-electron chi connectivity index (χ4n) is 1.74. The van der Waals surface area contributed by atoms with Crippen LogP contribution in [-0.2, 0) is 10.0 Å². The van der Waals surface area contributed by atoms with E-state index in [0.717, 1.165) is 6.07 Å². The number of nitrogens with two attached hydrogens (primary N) is 1. The van der Waals surface area contributed by atoms with Crippen molar-refractivity contribution in [1.82, 2.24) is 4.72 Å². The second-order valence-corrected chi connectivity index (χ2v) is 6.07. The van der Waals surface area contributed by atoms with Crippen molar-refractivity contribution < 1.29 is 17.9 Å². The first kappa shape index (κ1) is 15.9. The average Bonchev–Trinajstić information content (AvgIpc) is 2.32. The van der Waals surface area contributed by atoms with E-state index >= 15 is 0 Å². The standard InChI is InChI=1S/C12H19FN2O3S/c1-3-10(4-5-16)15-19(17,18)11-7-9(14)6-8(2)12(11)13/h6-7,10,15-16H,3-5,14H2,1-2H3. The SMILES string of the molecule is CCC(CCO)NS(=O)(=O)c1cc(N)cc(C)c1F. The van der Waals surface area contributed by atoms with Gasteiger partial charge in [-0.3, -0.25) is 0 Å². The highest BCUT2D eigenvalue weighted by Crippen LogP contribution is 2.22. The molecule has 0 radical (unpaired) electrons. The molecule has 0 heterocycles. The Morgan fingerprint density at radius 2 is 2.11 bits per heavy atom. The number of aliphatic hydroxyl groups is 1. The molecule has 7 heteroatoms. The van der Waals surface area contributed by atoms with Crippen LogP contribution in [0.1, 0.15) is 25.3 Å². The minimum atomic E-state index is -3.99. The number of rotatable bonds is 6. The van der Waals surface area contributed by atoms with Crippen LogP contribution in [0.4, 0.5) is 10.1 Å². The van der Waals surface area contributed by atoms with Gasteiger partial charge in [0.05, 0.1) is 0 Å². The zero-order chi connectivity index (χ0) is 14.6. The summed E-state index contributed by atoms with van der Waals surface area (Å²) in [5.41, 5.74) is 5.91. The van der Waals surface area contributed by atoms with Crippen molar-refractivity contribution in [1.29, 1.82) is 0 Å². The summed E-state index contributed by atoms with van der Waals surface area (Å²) < 4.78 is 40.5. The Hall–Kier alpha value is -1.18. The highest BCUT2D eigenvalue weighted by molar-refractivity contribution is 7.89. The molecule has 1 atom stereocenters. The third kappa shape index (κ3) is 3.89. The molecule has 0 spiro atoms. The molecule has 4 N–H and O–H groups in total. The molecule has 0 fully saturated rings. The Morgan fingerprint density at radius 3 is 2.63 bits per heavy atom. The normalized spacial score (nSPS) is 13.5. The molecule has 0 bridgehead atoms. The molecular formula is C12H19FN2O3S. The Morgan fingerprint density at radius 1 is 1.47 bits per heavy atom. The van der Waals surface area contributed by atoms with Crippen molar-refractivity contribution in [3.05, 3.63) is 23.5 Å². The molecule has 0 aromatic heterocycles. The fourth-order valence-corrected chi connectivity index (χ4v) is 3.28. The van der Waals surface area contributed by atoms with Gasteiger partial charge in [0.15, 0.2) is 0 Å². The van der Waals surface area contributed by atoms with Crippen LogP contribution in [0.3, 0.4) is 0 Å². The lowest BCUT2D eigenvalue weighted by Gasteiger charge is -2.17. The number of aryl methyl sites for hydroxylation is 1. The Bertz CT molecular complexity index is 546. The molecule has 1 unspecified atom stereocenters. The maximum absolute atomic E-state index is 13.9. The highest BCUT2D eigenvalue weighted by atomic mass is 32.2. The van der Waals surface area contributed by atoms with E-state index in [9.17, 15) is 12.8 Å². The average molecular weight is 290 g/mol. The summed E-state index contributed by atoms with van der Waals surface area (Å²) in [6.07, 6.45) is 0.779. The molecule has 19 heavy (non-hydrogen) atoms. The molecule has 0 aliphatic carbocycles. The van der Waals surface area contributed by atoms with Crippen LogP contribution in [0.2, 0.25) is 0 Å². The van der Waals surface area contributed by atoms with E-state index in [1.165, 1.54) is 13.0 Å². The van der Waals surface area contributed by atoms with Crippen LogP contribution in [0.15, 0.2) is 17.0 Å². The Kier molecular flexibility index (Phi) is 5.28. The molecule has 1 aromatic rings. The largest absolute Gasteiger partial charge is 0.399 e. The quantitative estimate of drug-likeness (QED) is 0.685. The lowest BCUT2D eigenvalue weighted by Crippen LogP contribution is -2.35. The van der Waals surface area contributed by atoms with Gasteiger partial charge in [0.2, 0.25) is 10.0 Å². The van der Waals surface area contributed by atoms with Crippen LogP contribution in [-0.4, -0.2) is 26.2 Å². The summed E-state index contributed by atoms with van der Waals surface area (Å²) >= 11 is 0. The summed E-state index contributed by atoms with van der Waals surface area (Å²) in [6, 6.07) is 2.03. The lowest BCUT2D eigenvalue weighted by atomic mass is 10.2. The smallest absolute Gasteiger partial charge is 0.243 e. The van der Waals surface area contributed by atoms with Gasteiger partial charge in [0, 0.05) is 18.3 Å². The number of nitrogen functional groups attached to an aromatic ring is 1. The molecule has 0 saturated heterocycles. The van der Waals surface area contributed by atoms with E-state index in [-0.39, 0.29) is 24.3 Å². The molecule has 0 aliphatic heterocycles. The first-order valence-corrected chi connectivity index (χ1v) is 7.49. The van der Waals surface area contributed by atoms with E-state index in [0.29, 0.717) is 6.42 Å². The molecule has 1 rings (SSSR count). The van der Waals surface area contributed by atoms with Gasteiger partial charge in [0.1, 0.15) is 10.7 Å². The van der Waals surface area contributed by atoms with Crippen molar-refractivity contribution in [3.8, 4) is 0 Å². The number of hydrogen-bond donors (Lipinski definition) is 3. The summed E-state index contributed by atoms with van der Waals surface area (Å²) in [4.78, 5) is -0.457. The zero-order valence-corrected chi connectivity index (χ0v) is 11.8. The van der Waals surface area contributed by atoms with Gasteiger partial charge < -0.3 is 10.8 Å². The van der Waals surface area contributed by atoms with Crippen LogP contribution >= 0.6 is 0 Å². The number of anilines is 1. The monoisotopic (exact) mass is 290 g/mol. The van der Waals surface area contributed by atoms with E-state index in [1.807, 2.05) is 0 Å². The number of halogens is 1. The van der Waals surface area contributed by atoms with Crippen molar-refractivity contribution in [2.45, 2.75) is 37.6 Å². The van der Waals surface area contributed by atoms with Gasteiger partial charge >= 0.3 is 0 Å². The van der Waals surface area contributed by atoms with Gasteiger partial charge in [-0.2, -0.15) is 0 Å². The molecule has 0 aliphatic rings. The number of nitrogens with one attached hydrogen (secondary N) is 1. The van der Waals surface area contributed by atoms with Gasteiger partial charge in [-0.1, -0.05) is 6.92 Å². The number of aliphatic hydroxyl groups excluding tert-OH is 1. The van der Waals surface area contributed by atoms with Crippen molar-refractivity contribution in [2.24, 2.45) is 0 Å². The second kappa shape index (κ2) is 6.31. The molecule has 108 valence electrons. The molecule has 5 nitrogen and oxygen atoms in total. The molecule has 1 aromatic carbocycles. The van der Waals surface area contributed by atoms with Crippen molar-refractivity contribution >= 4 is 15.7 Å². The Labute approximate surface area is 112 Å². The number of hydrogen-bond acceptors (Lipinski definition) is 4. The zero-order valence-electron chi connectivity index (χ0n) is 11.0. The predicted molar refractivity (Wildman–Crippen MR) is 71.7 cm³/mol. The van der Waals surface area contributed by atoms with E-state index in [2.05, 4.69) is 4.72 Å². The predicted octanol–water partition coefficient (Wildman–Crippen LogP) is 1.16. The first-order valence-electron chi connectivity index (χ1n) is 6.00. The number of benzene rings is 1. The maximum atomic E-state index is 13.9. The van der Waals surface area contributed by atoms with E-state index in [1.54, 1.807) is 6.92 Å². The van der Waals surface area contributed by atoms with Gasteiger partial charge in [-0.05, 0) is 37.5 Å². The first-order chi connectivity index (χ1) is 8.81. The van der Waals surface area contributed by atoms with Crippen molar-refractivity contribution in [2.75, 3.05) is 12.3 Å². The van der Waals surface area contributed by atoms with E-state index in [4.69, 9.17) is 10.8 Å². The summed E-state index contributed by atoms with van der Waals surface area (Å²) in [5, 5.41) is 8.85. The van der Waals surface area contributed by atoms with Gasteiger partial charge in [-0.25, -0.2) is 17.5 Å². The minimum Gasteiger partial charge on any atom is -0.399 e. The Balaban J connectivity index is 3.13. The molecule has 0 amide bonds. The number of sulfonamides is 1. The summed E-state index contributed by atoms with van der Waals surface area (Å²) in [5.74, 6) is -0.805. The summed E-state index contributed by atoms with van der Waals surface area (Å²) in [7, 11) is -3.99.